The van der Waals surface area contributed by atoms with Crippen LogP contribution in [0.2, 0.25) is 0 Å². The zero-order chi connectivity index (χ0) is 13.1. The van der Waals surface area contributed by atoms with E-state index >= 15 is 0 Å². The summed E-state index contributed by atoms with van der Waals surface area (Å²) in [6, 6.07) is 13.8. The summed E-state index contributed by atoms with van der Waals surface area (Å²) >= 11 is 3.92. The molecular weight excluding hydrogens is 270 g/mol. The SMILES string of the molecule is CCNC(Cc1cccs1)C1Cc2ccccc2S1. The lowest BCUT2D eigenvalue weighted by atomic mass is 10.0. The molecule has 0 amide bonds. The van der Waals surface area contributed by atoms with Crippen LogP contribution >= 0.6 is 23.1 Å². The minimum Gasteiger partial charge on any atom is -0.313 e. The van der Waals surface area contributed by atoms with Crippen LogP contribution in [-0.2, 0) is 12.8 Å². The molecule has 1 aliphatic rings. The molecule has 2 atom stereocenters. The molecule has 100 valence electrons. The van der Waals surface area contributed by atoms with Crippen LogP contribution in [0, 0.1) is 0 Å². The fraction of sp³-hybridized carbons (Fsp3) is 0.375. The second-order valence-corrected chi connectivity index (χ2v) is 7.23. The number of thioether (sulfide) groups is 1. The van der Waals surface area contributed by atoms with Crippen molar-refractivity contribution < 1.29 is 0 Å². The Kier molecular flexibility index (Phi) is 4.26. The van der Waals surface area contributed by atoms with E-state index in [1.807, 2.05) is 23.1 Å². The molecule has 1 nitrogen and oxygen atoms in total. The van der Waals surface area contributed by atoms with E-state index in [9.17, 15) is 0 Å². The van der Waals surface area contributed by atoms with Crippen molar-refractivity contribution in [2.45, 2.75) is 36.0 Å². The van der Waals surface area contributed by atoms with Crippen LogP contribution in [0.5, 0.6) is 0 Å². The molecule has 2 heterocycles. The maximum Gasteiger partial charge on any atom is 0.0292 e. The Bertz CT molecular complexity index is 496. The van der Waals surface area contributed by atoms with E-state index in [-0.39, 0.29) is 0 Å². The third kappa shape index (κ3) is 3.04. The largest absolute Gasteiger partial charge is 0.313 e. The van der Waals surface area contributed by atoms with E-state index in [0.29, 0.717) is 11.3 Å². The summed E-state index contributed by atoms with van der Waals surface area (Å²) in [6.07, 6.45) is 2.35. The second kappa shape index (κ2) is 6.12. The highest BCUT2D eigenvalue weighted by Gasteiger charge is 2.29. The molecule has 2 aromatic rings. The summed E-state index contributed by atoms with van der Waals surface area (Å²) in [5, 5.41) is 6.53. The van der Waals surface area contributed by atoms with Crippen LogP contribution in [0.3, 0.4) is 0 Å². The van der Waals surface area contributed by atoms with Gasteiger partial charge in [-0.05, 0) is 42.5 Å². The molecule has 3 rings (SSSR count). The monoisotopic (exact) mass is 289 g/mol. The molecule has 2 unspecified atom stereocenters. The quantitative estimate of drug-likeness (QED) is 0.893. The van der Waals surface area contributed by atoms with E-state index in [2.05, 4.69) is 54.0 Å². The predicted molar refractivity (Wildman–Crippen MR) is 85.3 cm³/mol. The second-order valence-electron chi connectivity index (χ2n) is 4.92. The molecule has 0 radical (unpaired) electrons. The lowest BCUT2D eigenvalue weighted by Crippen LogP contribution is -2.39. The van der Waals surface area contributed by atoms with Gasteiger partial charge < -0.3 is 5.32 Å². The average molecular weight is 289 g/mol. The Morgan fingerprint density at radius 2 is 2.16 bits per heavy atom. The third-order valence-electron chi connectivity index (χ3n) is 3.59. The lowest BCUT2D eigenvalue weighted by Gasteiger charge is -2.23. The van der Waals surface area contributed by atoms with Gasteiger partial charge >= 0.3 is 0 Å². The first kappa shape index (κ1) is 13.2. The van der Waals surface area contributed by atoms with Crippen molar-refractivity contribution in [3.63, 3.8) is 0 Å². The number of hydrogen-bond donors (Lipinski definition) is 1. The highest BCUT2D eigenvalue weighted by atomic mass is 32.2. The van der Waals surface area contributed by atoms with E-state index < -0.39 is 0 Å². The normalized spacial score (nSPS) is 19.3. The maximum absolute atomic E-state index is 3.68. The zero-order valence-corrected chi connectivity index (χ0v) is 12.8. The molecule has 1 N–H and O–H groups in total. The van der Waals surface area contributed by atoms with Crippen LogP contribution < -0.4 is 5.32 Å². The smallest absolute Gasteiger partial charge is 0.0292 e. The number of rotatable bonds is 5. The van der Waals surface area contributed by atoms with Crippen LogP contribution in [-0.4, -0.2) is 17.8 Å². The van der Waals surface area contributed by atoms with Crippen LogP contribution in [0.4, 0.5) is 0 Å². The summed E-state index contributed by atoms with van der Waals surface area (Å²) in [6.45, 7) is 3.25. The number of thiophene rings is 1. The van der Waals surface area contributed by atoms with Gasteiger partial charge in [-0.3, -0.25) is 0 Å². The summed E-state index contributed by atoms with van der Waals surface area (Å²) in [5.41, 5.74) is 1.52. The summed E-state index contributed by atoms with van der Waals surface area (Å²) < 4.78 is 0. The van der Waals surface area contributed by atoms with Crippen molar-refractivity contribution in [2.24, 2.45) is 0 Å². The van der Waals surface area contributed by atoms with Crippen LogP contribution in [0.1, 0.15) is 17.4 Å². The van der Waals surface area contributed by atoms with Gasteiger partial charge in [0.05, 0.1) is 0 Å². The predicted octanol–water partition coefficient (Wildman–Crippen LogP) is 3.99. The first-order valence-corrected chi connectivity index (χ1v) is 8.63. The number of fused-ring (bicyclic) bond motifs is 1. The Morgan fingerprint density at radius 1 is 1.26 bits per heavy atom. The van der Waals surface area contributed by atoms with E-state index in [4.69, 9.17) is 0 Å². The fourth-order valence-corrected chi connectivity index (χ4v) is 4.85. The fourth-order valence-electron chi connectivity index (χ4n) is 2.68. The van der Waals surface area contributed by atoms with Gasteiger partial charge in [0.25, 0.3) is 0 Å². The molecule has 0 fully saturated rings. The highest BCUT2D eigenvalue weighted by molar-refractivity contribution is 8.00. The van der Waals surface area contributed by atoms with Crippen molar-refractivity contribution in [3.05, 3.63) is 52.2 Å². The number of nitrogens with one attached hydrogen (secondary N) is 1. The van der Waals surface area contributed by atoms with Crippen molar-refractivity contribution in [1.29, 1.82) is 0 Å². The Morgan fingerprint density at radius 3 is 2.89 bits per heavy atom. The number of likely N-dealkylation sites (N-methyl/N-ethyl adjacent to an activating group) is 1. The van der Waals surface area contributed by atoms with Gasteiger partial charge in [0.15, 0.2) is 0 Å². The maximum atomic E-state index is 3.68. The van der Waals surface area contributed by atoms with Crippen molar-refractivity contribution in [1.82, 2.24) is 5.32 Å². The first-order chi connectivity index (χ1) is 9.36. The van der Waals surface area contributed by atoms with E-state index in [1.54, 1.807) is 0 Å². The van der Waals surface area contributed by atoms with Gasteiger partial charge in [0.1, 0.15) is 0 Å². The van der Waals surface area contributed by atoms with Gasteiger partial charge in [-0.15, -0.1) is 23.1 Å². The molecule has 0 spiro atoms. The summed E-state index contributed by atoms with van der Waals surface area (Å²) in [7, 11) is 0. The van der Waals surface area contributed by atoms with Gasteiger partial charge in [-0.25, -0.2) is 0 Å². The van der Waals surface area contributed by atoms with E-state index in [0.717, 1.165) is 13.0 Å². The summed E-state index contributed by atoms with van der Waals surface area (Å²) in [4.78, 5) is 2.96. The van der Waals surface area contributed by atoms with Gasteiger partial charge in [0, 0.05) is 21.1 Å². The number of hydrogen-bond acceptors (Lipinski definition) is 3. The van der Waals surface area contributed by atoms with Crippen molar-refractivity contribution in [3.8, 4) is 0 Å². The van der Waals surface area contributed by atoms with Crippen LogP contribution in [0.25, 0.3) is 0 Å². The third-order valence-corrected chi connectivity index (χ3v) is 5.94. The molecule has 1 aromatic carbocycles. The lowest BCUT2D eigenvalue weighted by molar-refractivity contribution is 0.508. The first-order valence-electron chi connectivity index (χ1n) is 6.87. The molecule has 0 bridgehead atoms. The number of benzene rings is 1. The van der Waals surface area contributed by atoms with Gasteiger partial charge in [0.2, 0.25) is 0 Å². The molecule has 3 heteroatoms. The van der Waals surface area contributed by atoms with Gasteiger partial charge in [-0.2, -0.15) is 0 Å². The average Bonchev–Trinajstić information content (AvgIpc) is 3.06. The molecule has 1 aromatic heterocycles. The zero-order valence-electron chi connectivity index (χ0n) is 11.1. The molecule has 0 saturated heterocycles. The standard InChI is InChI=1S/C16H19NS2/c1-2-17-14(11-13-7-5-9-18-13)16-10-12-6-3-4-8-15(12)19-16/h3-9,14,16-17H,2,10-11H2,1H3. The summed E-state index contributed by atoms with van der Waals surface area (Å²) in [5.74, 6) is 0. The Balaban J connectivity index is 1.72. The Labute approximate surface area is 123 Å². The minimum atomic E-state index is 0.570. The molecular formula is C16H19NS2. The van der Waals surface area contributed by atoms with E-state index in [1.165, 1.54) is 21.8 Å². The minimum absolute atomic E-state index is 0.570. The molecule has 0 saturated carbocycles. The van der Waals surface area contributed by atoms with Crippen molar-refractivity contribution in [2.75, 3.05) is 6.54 Å². The highest BCUT2D eigenvalue weighted by Crippen LogP contribution is 2.39. The molecule has 1 aliphatic heterocycles. The Hall–Kier alpha value is -0.770. The van der Waals surface area contributed by atoms with Gasteiger partial charge in [-0.1, -0.05) is 31.2 Å². The molecule has 0 aliphatic carbocycles. The van der Waals surface area contributed by atoms with Crippen LogP contribution in [0.15, 0.2) is 46.7 Å². The van der Waals surface area contributed by atoms with Crippen molar-refractivity contribution >= 4 is 23.1 Å². The molecule has 19 heavy (non-hydrogen) atoms. The topological polar surface area (TPSA) is 12.0 Å².